The topological polar surface area (TPSA) is 69.0 Å². The lowest BCUT2D eigenvalue weighted by Crippen LogP contribution is -2.24. The number of anilines is 1. The number of aromatic nitrogens is 3. The number of para-hydroxylation sites is 2. The third kappa shape index (κ3) is 3.72. The Hall–Kier alpha value is -4.04. The Labute approximate surface area is 198 Å². The molecular formula is C26H19FN4O2S. The molecular weight excluding hydrogens is 451 g/mol. The molecule has 1 aliphatic rings. The van der Waals surface area contributed by atoms with Crippen LogP contribution in [0.1, 0.15) is 29.0 Å². The lowest BCUT2D eigenvalue weighted by atomic mass is 9.87. The van der Waals surface area contributed by atoms with Crippen molar-refractivity contribution in [2.75, 3.05) is 5.32 Å². The number of nitrogens with zero attached hydrogens (tertiary/aromatic N) is 3. The maximum Gasteiger partial charge on any atom is 0.226 e. The largest absolute Gasteiger partial charge is 0.489 e. The molecule has 3 aromatic carbocycles. The summed E-state index contributed by atoms with van der Waals surface area (Å²) in [6.07, 6.45) is 2.06. The van der Waals surface area contributed by atoms with Gasteiger partial charge in [0.1, 0.15) is 24.0 Å². The highest BCUT2D eigenvalue weighted by atomic mass is 32.1. The smallest absolute Gasteiger partial charge is 0.226 e. The van der Waals surface area contributed by atoms with E-state index in [4.69, 9.17) is 4.74 Å². The molecule has 6 nitrogen and oxygen atoms in total. The van der Waals surface area contributed by atoms with E-state index in [9.17, 15) is 9.18 Å². The first-order chi connectivity index (χ1) is 16.7. The number of amides is 1. The molecule has 6 rings (SSSR count). The van der Waals surface area contributed by atoms with E-state index in [2.05, 4.69) is 15.4 Å². The Morgan fingerprint density at radius 1 is 1.06 bits per heavy atom. The molecule has 34 heavy (non-hydrogen) atoms. The quantitative estimate of drug-likeness (QED) is 0.359. The van der Waals surface area contributed by atoms with Gasteiger partial charge in [0.25, 0.3) is 0 Å². The number of halogens is 1. The molecule has 5 aromatic rings. The van der Waals surface area contributed by atoms with Crippen molar-refractivity contribution < 1.29 is 13.9 Å². The second kappa shape index (κ2) is 8.39. The van der Waals surface area contributed by atoms with Gasteiger partial charge in [-0.05, 0) is 35.9 Å². The summed E-state index contributed by atoms with van der Waals surface area (Å²) in [5, 5.41) is 8.25. The summed E-state index contributed by atoms with van der Waals surface area (Å²) in [4.78, 5) is 17.4. The molecule has 1 amide bonds. The van der Waals surface area contributed by atoms with Crippen LogP contribution in [0.4, 0.5) is 10.2 Å². The Kier molecular flexibility index (Phi) is 5.07. The first-order valence-electron chi connectivity index (χ1n) is 10.9. The first kappa shape index (κ1) is 20.6. The van der Waals surface area contributed by atoms with E-state index in [1.54, 1.807) is 16.9 Å². The number of hydrogen-bond donors (Lipinski definition) is 1. The highest BCUT2D eigenvalue weighted by Crippen LogP contribution is 2.42. The third-order valence-corrected chi connectivity index (χ3v) is 6.87. The van der Waals surface area contributed by atoms with E-state index in [-0.39, 0.29) is 30.7 Å². The molecule has 0 radical (unpaired) electrons. The molecule has 1 atom stereocenters. The fourth-order valence-corrected chi connectivity index (χ4v) is 5.21. The van der Waals surface area contributed by atoms with Crippen molar-refractivity contribution in [1.29, 1.82) is 0 Å². The van der Waals surface area contributed by atoms with Gasteiger partial charge in [0.2, 0.25) is 11.0 Å². The zero-order chi connectivity index (χ0) is 23.1. The highest BCUT2D eigenvalue weighted by Gasteiger charge is 2.32. The lowest BCUT2D eigenvalue weighted by Gasteiger charge is -2.25. The normalized spacial score (nSPS) is 15.2. The zero-order valence-electron chi connectivity index (χ0n) is 17.9. The Morgan fingerprint density at radius 2 is 1.91 bits per heavy atom. The number of hydrogen-bond acceptors (Lipinski definition) is 5. The molecule has 0 spiro atoms. The van der Waals surface area contributed by atoms with Gasteiger partial charge in [-0.15, -0.1) is 0 Å². The molecule has 0 fully saturated rings. The van der Waals surface area contributed by atoms with Crippen LogP contribution in [0.5, 0.6) is 5.75 Å². The molecule has 2 aromatic heterocycles. The molecule has 0 saturated heterocycles. The number of nitrogens with one attached hydrogen (secondary N) is 1. The maximum absolute atomic E-state index is 13.6. The number of carbonyl (C=O) groups excluding carboxylic acids is 1. The average Bonchev–Trinajstić information content (AvgIpc) is 3.46. The fraction of sp³-hybridized carbons (Fsp3) is 0.115. The second-order valence-corrected chi connectivity index (χ2v) is 9.09. The molecule has 0 unspecified atom stereocenters. The van der Waals surface area contributed by atoms with Crippen LogP contribution in [0.2, 0.25) is 0 Å². The van der Waals surface area contributed by atoms with E-state index in [0.717, 1.165) is 26.9 Å². The SMILES string of the molecule is O=C1C[C@@H](c2ccccc2OCc2cccc(F)c2)c2cnn(-c3nc4ccccc4s3)c2N1. The Bertz CT molecular complexity index is 1490. The molecule has 1 N–H and O–H groups in total. The van der Waals surface area contributed by atoms with Gasteiger partial charge in [0.05, 0.1) is 16.4 Å². The summed E-state index contributed by atoms with van der Waals surface area (Å²) >= 11 is 1.52. The van der Waals surface area contributed by atoms with Gasteiger partial charge in [0.15, 0.2) is 0 Å². The van der Waals surface area contributed by atoms with Crippen molar-refractivity contribution in [3.05, 3.63) is 102 Å². The average molecular weight is 471 g/mol. The van der Waals surface area contributed by atoms with Gasteiger partial charge >= 0.3 is 0 Å². The highest BCUT2D eigenvalue weighted by molar-refractivity contribution is 7.20. The molecule has 168 valence electrons. The predicted octanol–water partition coefficient (Wildman–Crippen LogP) is 5.67. The minimum Gasteiger partial charge on any atom is -0.489 e. The number of thiazole rings is 1. The summed E-state index contributed by atoms with van der Waals surface area (Å²) in [6.45, 7) is 0.228. The molecule has 0 aliphatic carbocycles. The van der Waals surface area contributed by atoms with E-state index in [0.29, 0.717) is 16.7 Å². The summed E-state index contributed by atoms with van der Waals surface area (Å²) in [5.41, 5.74) is 3.42. The van der Waals surface area contributed by atoms with Crippen LogP contribution < -0.4 is 10.1 Å². The van der Waals surface area contributed by atoms with Gasteiger partial charge < -0.3 is 10.1 Å². The van der Waals surface area contributed by atoms with Gasteiger partial charge in [-0.1, -0.05) is 53.8 Å². The van der Waals surface area contributed by atoms with Crippen LogP contribution in [0, 0.1) is 5.82 Å². The minimum absolute atomic E-state index is 0.0969. The lowest BCUT2D eigenvalue weighted by molar-refractivity contribution is -0.116. The molecule has 8 heteroatoms. The Balaban J connectivity index is 1.36. The van der Waals surface area contributed by atoms with Crippen LogP contribution in [0.3, 0.4) is 0 Å². The summed E-state index contributed by atoms with van der Waals surface area (Å²) in [5.74, 6) is 0.659. The number of benzene rings is 3. The van der Waals surface area contributed by atoms with Gasteiger partial charge in [-0.3, -0.25) is 4.79 Å². The summed E-state index contributed by atoms with van der Waals surface area (Å²) in [7, 11) is 0. The second-order valence-electron chi connectivity index (χ2n) is 8.09. The standard InChI is InChI=1S/C26H19FN4O2S/c27-17-7-5-6-16(12-17)15-33-22-10-3-1-8-18(22)19-13-24(32)30-25-20(19)14-28-31(25)26-29-21-9-2-4-11-23(21)34-26/h1-12,14,19H,13,15H2,(H,30,32)/t19-/m0/s1. The minimum atomic E-state index is -0.301. The van der Waals surface area contributed by atoms with Crippen LogP contribution in [-0.4, -0.2) is 20.7 Å². The monoisotopic (exact) mass is 470 g/mol. The van der Waals surface area contributed by atoms with E-state index < -0.39 is 0 Å². The summed E-state index contributed by atoms with van der Waals surface area (Å²) in [6, 6.07) is 21.9. The van der Waals surface area contributed by atoms with Gasteiger partial charge in [0, 0.05) is 23.5 Å². The Morgan fingerprint density at radius 3 is 2.79 bits per heavy atom. The van der Waals surface area contributed by atoms with E-state index >= 15 is 0 Å². The zero-order valence-corrected chi connectivity index (χ0v) is 18.8. The van der Waals surface area contributed by atoms with Crippen molar-refractivity contribution in [2.45, 2.75) is 18.9 Å². The van der Waals surface area contributed by atoms with Crippen LogP contribution in [-0.2, 0) is 11.4 Å². The van der Waals surface area contributed by atoms with Gasteiger partial charge in [-0.25, -0.2) is 9.37 Å². The number of fused-ring (bicyclic) bond motifs is 2. The van der Waals surface area contributed by atoms with E-state index in [1.165, 1.54) is 23.5 Å². The number of rotatable bonds is 5. The van der Waals surface area contributed by atoms with Crippen LogP contribution >= 0.6 is 11.3 Å². The van der Waals surface area contributed by atoms with Crippen molar-refractivity contribution in [2.24, 2.45) is 0 Å². The van der Waals surface area contributed by atoms with Crippen molar-refractivity contribution in [3.8, 4) is 10.9 Å². The number of ether oxygens (including phenoxy) is 1. The third-order valence-electron chi connectivity index (χ3n) is 5.86. The fourth-order valence-electron chi connectivity index (χ4n) is 4.28. The van der Waals surface area contributed by atoms with Crippen molar-refractivity contribution in [1.82, 2.24) is 14.8 Å². The van der Waals surface area contributed by atoms with E-state index in [1.807, 2.05) is 54.6 Å². The predicted molar refractivity (Wildman–Crippen MR) is 129 cm³/mol. The van der Waals surface area contributed by atoms with Crippen LogP contribution in [0.25, 0.3) is 15.3 Å². The van der Waals surface area contributed by atoms with Gasteiger partial charge in [-0.2, -0.15) is 9.78 Å². The maximum atomic E-state index is 13.6. The van der Waals surface area contributed by atoms with Crippen molar-refractivity contribution >= 4 is 33.3 Å². The van der Waals surface area contributed by atoms with Crippen molar-refractivity contribution in [3.63, 3.8) is 0 Å². The molecule has 3 heterocycles. The van der Waals surface area contributed by atoms with Crippen LogP contribution in [0.15, 0.2) is 79.0 Å². The molecule has 0 saturated carbocycles. The summed E-state index contributed by atoms with van der Waals surface area (Å²) < 4.78 is 22.4. The molecule has 1 aliphatic heterocycles. The molecule has 0 bridgehead atoms. The first-order valence-corrected chi connectivity index (χ1v) is 11.7. The number of carbonyl (C=O) groups is 1.